The van der Waals surface area contributed by atoms with Gasteiger partial charge in [-0.1, -0.05) is 18.2 Å². The number of aromatic nitrogens is 2. The molecule has 1 aromatic heterocycles. The SMILES string of the molecule is NC(=O)c1c(-c2ccc(Oc3ccccc3)cc2)nn2c1NCC[C@H]2C1CCN(C(=O)CCCC2CCC(NC(=O)CNc3ccc4c(c3)C(=O)N(C3CCC(=O)NC3=O)C4=O)CC2)CC1. The van der Waals surface area contributed by atoms with Gasteiger partial charge in [-0.15, -0.1) is 0 Å². The van der Waals surface area contributed by atoms with Gasteiger partial charge < -0.3 is 31.3 Å². The van der Waals surface area contributed by atoms with Gasteiger partial charge in [0.2, 0.25) is 23.6 Å². The van der Waals surface area contributed by atoms with E-state index in [9.17, 15) is 33.6 Å². The smallest absolute Gasteiger partial charge is 0.262 e. The number of primary amides is 1. The predicted molar refractivity (Wildman–Crippen MR) is 243 cm³/mol. The van der Waals surface area contributed by atoms with Gasteiger partial charge in [0.25, 0.3) is 17.7 Å². The molecule has 5 heterocycles. The van der Waals surface area contributed by atoms with Crippen LogP contribution in [0.25, 0.3) is 11.3 Å². The van der Waals surface area contributed by atoms with E-state index < -0.39 is 35.6 Å². The highest BCUT2D eigenvalue weighted by Crippen LogP contribution is 2.41. The molecule has 2 saturated heterocycles. The van der Waals surface area contributed by atoms with Crippen molar-refractivity contribution in [2.24, 2.45) is 17.6 Å². The van der Waals surface area contributed by atoms with Gasteiger partial charge in [0, 0.05) is 49.8 Å². The minimum absolute atomic E-state index is 0.0159. The zero-order chi connectivity index (χ0) is 45.9. The van der Waals surface area contributed by atoms with Crippen molar-refractivity contribution in [1.29, 1.82) is 0 Å². The molecule has 4 aromatic rings. The summed E-state index contributed by atoms with van der Waals surface area (Å²) in [5, 5.41) is 16.7. The lowest BCUT2D eigenvalue weighted by Gasteiger charge is -2.38. The Morgan fingerprint density at radius 1 is 0.818 bits per heavy atom. The molecule has 5 aliphatic rings. The van der Waals surface area contributed by atoms with Gasteiger partial charge in [0.1, 0.15) is 34.6 Å². The van der Waals surface area contributed by atoms with Crippen LogP contribution in [0.15, 0.2) is 72.8 Å². The van der Waals surface area contributed by atoms with Crippen molar-refractivity contribution < 1.29 is 38.3 Å². The summed E-state index contributed by atoms with van der Waals surface area (Å²) in [6, 6.07) is 20.8. The number of nitrogens with one attached hydrogen (secondary N) is 4. The van der Waals surface area contributed by atoms with E-state index in [0.717, 1.165) is 74.0 Å². The van der Waals surface area contributed by atoms with Gasteiger partial charge in [-0.25, -0.2) is 4.68 Å². The Morgan fingerprint density at radius 2 is 1.55 bits per heavy atom. The van der Waals surface area contributed by atoms with Crippen LogP contribution in [0.3, 0.4) is 0 Å². The number of ether oxygens (including phenoxy) is 1. The number of nitrogens with two attached hydrogens (primary N) is 1. The molecule has 6 N–H and O–H groups in total. The third-order valence-electron chi connectivity index (χ3n) is 13.9. The molecule has 9 rings (SSSR count). The first kappa shape index (κ1) is 44.2. The van der Waals surface area contributed by atoms with Gasteiger partial charge >= 0.3 is 0 Å². The quantitative estimate of drug-likeness (QED) is 0.101. The molecule has 0 bridgehead atoms. The first-order valence-electron chi connectivity index (χ1n) is 23.2. The summed E-state index contributed by atoms with van der Waals surface area (Å²) in [6.45, 7) is 2.06. The molecule has 2 atom stereocenters. The number of carbonyl (C=O) groups excluding carboxylic acids is 7. The van der Waals surface area contributed by atoms with Crippen molar-refractivity contribution >= 4 is 52.9 Å². The average molecular weight is 898 g/mol. The first-order valence-corrected chi connectivity index (χ1v) is 23.2. The average Bonchev–Trinajstić information content (AvgIpc) is 3.84. The Balaban J connectivity index is 0.691. The number of carbonyl (C=O) groups is 7. The standard InChI is InChI=1S/C49H55N9O8/c50-45(62)43-44(31-11-16-35(17-12-31)66-34-6-2-1-3-7-34)55-58-38(21-24-51-46(43)58)30-22-25-56(26-23-30)42(61)8-4-5-29-9-13-32(14-10-29)53-41(60)28-52-33-15-18-36-37(27-33)49(65)57(48(36)64)39-19-20-40(59)54-47(39)63/h1-3,6-7,11-12,15-18,27,29-30,32,38-39,51-52H,4-5,8-10,13-14,19-26,28H2,(H2,50,62)(H,53,60)(H,54,59,63)/t29?,32?,38-,39?/m0/s1. The van der Waals surface area contributed by atoms with E-state index >= 15 is 0 Å². The van der Waals surface area contributed by atoms with Gasteiger partial charge in [-0.2, -0.15) is 5.10 Å². The van der Waals surface area contributed by atoms with Gasteiger partial charge in [-0.05, 0) is 131 Å². The van der Waals surface area contributed by atoms with E-state index in [1.807, 2.05) is 64.2 Å². The minimum Gasteiger partial charge on any atom is -0.457 e. The van der Waals surface area contributed by atoms with Gasteiger partial charge in [0.15, 0.2) is 0 Å². The number of imide groups is 2. The molecule has 0 radical (unpaired) electrons. The molecule has 4 aliphatic heterocycles. The predicted octanol–water partition coefficient (Wildman–Crippen LogP) is 5.40. The first-order chi connectivity index (χ1) is 32.0. The molecule has 66 heavy (non-hydrogen) atoms. The summed E-state index contributed by atoms with van der Waals surface area (Å²) < 4.78 is 7.92. The molecular formula is C49H55N9O8. The van der Waals surface area contributed by atoms with Crippen LogP contribution >= 0.6 is 0 Å². The topological polar surface area (TPSA) is 227 Å². The summed E-state index contributed by atoms with van der Waals surface area (Å²) >= 11 is 0. The monoisotopic (exact) mass is 897 g/mol. The summed E-state index contributed by atoms with van der Waals surface area (Å²) in [7, 11) is 0. The highest BCUT2D eigenvalue weighted by Gasteiger charge is 2.45. The molecule has 1 aliphatic carbocycles. The highest BCUT2D eigenvalue weighted by atomic mass is 16.5. The van der Waals surface area contributed by atoms with Crippen LogP contribution in [0.2, 0.25) is 0 Å². The van der Waals surface area contributed by atoms with E-state index in [1.54, 1.807) is 6.07 Å². The molecule has 3 fully saturated rings. The number of fused-ring (bicyclic) bond motifs is 2. The number of rotatable bonds is 14. The fourth-order valence-electron chi connectivity index (χ4n) is 10.4. The zero-order valence-electron chi connectivity index (χ0n) is 36.8. The second-order valence-electron chi connectivity index (χ2n) is 18.1. The number of hydrogen-bond acceptors (Lipinski definition) is 11. The third-order valence-corrected chi connectivity index (χ3v) is 13.9. The van der Waals surface area contributed by atoms with Crippen molar-refractivity contribution in [1.82, 2.24) is 30.2 Å². The van der Waals surface area contributed by atoms with E-state index in [0.29, 0.717) is 66.4 Å². The van der Waals surface area contributed by atoms with Gasteiger partial charge in [0.05, 0.1) is 23.7 Å². The molecule has 17 nitrogen and oxygen atoms in total. The maximum atomic E-state index is 13.4. The largest absolute Gasteiger partial charge is 0.457 e. The number of amides is 7. The number of piperidine rings is 2. The fourth-order valence-corrected chi connectivity index (χ4v) is 10.4. The fraction of sp³-hybridized carbons (Fsp3) is 0.429. The van der Waals surface area contributed by atoms with Crippen molar-refractivity contribution in [2.45, 2.75) is 95.2 Å². The van der Waals surface area contributed by atoms with E-state index in [2.05, 4.69) is 21.3 Å². The summed E-state index contributed by atoms with van der Waals surface area (Å²) in [4.78, 5) is 92.2. The molecule has 1 unspecified atom stereocenters. The maximum absolute atomic E-state index is 13.4. The zero-order valence-corrected chi connectivity index (χ0v) is 36.8. The number of anilines is 2. The molecule has 1 saturated carbocycles. The van der Waals surface area contributed by atoms with Crippen molar-refractivity contribution in [3.63, 3.8) is 0 Å². The lowest BCUT2D eigenvalue weighted by atomic mass is 9.83. The molecular weight excluding hydrogens is 843 g/mol. The van der Waals surface area contributed by atoms with Crippen LogP contribution in [0.4, 0.5) is 11.5 Å². The summed E-state index contributed by atoms with van der Waals surface area (Å²) in [6.07, 6.45) is 8.66. The maximum Gasteiger partial charge on any atom is 0.262 e. The Labute approximate surface area is 382 Å². The molecule has 7 amide bonds. The Morgan fingerprint density at radius 3 is 2.27 bits per heavy atom. The second kappa shape index (κ2) is 19.2. The summed E-state index contributed by atoms with van der Waals surface area (Å²) in [5.74, 6) is 0.0509. The lowest BCUT2D eigenvalue weighted by Crippen LogP contribution is -2.54. The van der Waals surface area contributed by atoms with E-state index in [1.165, 1.54) is 12.1 Å². The molecule has 3 aromatic carbocycles. The van der Waals surface area contributed by atoms with Crippen molar-refractivity contribution in [3.8, 4) is 22.8 Å². The number of para-hydroxylation sites is 1. The van der Waals surface area contributed by atoms with Crippen LogP contribution in [-0.4, -0.2) is 99.2 Å². The number of likely N-dealkylation sites (tertiary alicyclic amines) is 1. The number of hydrogen-bond donors (Lipinski definition) is 5. The normalized spacial score (nSPS) is 21.9. The molecule has 0 spiro atoms. The Hall–Kier alpha value is -7.04. The Kier molecular flexibility index (Phi) is 12.9. The van der Waals surface area contributed by atoms with E-state index in [4.69, 9.17) is 15.6 Å². The van der Waals surface area contributed by atoms with Crippen LogP contribution < -0.4 is 31.7 Å². The highest BCUT2D eigenvalue weighted by molar-refractivity contribution is 6.23. The van der Waals surface area contributed by atoms with Gasteiger partial charge in [-0.3, -0.25) is 43.8 Å². The van der Waals surface area contributed by atoms with Crippen molar-refractivity contribution in [3.05, 3.63) is 89.5 Å². The van der Waals surface area contributed by atoms with Crippen LogP contribution in [0.5, 0.6) is 11.5 Å². The molecule has 344 valence electrons. The number of nitrogens with zero attached hydrogens (tertiary/aromatic N) is 4. The number of benzene rings is 3. The second-order valence-corrected chi connectivity index (χ2v) is 18.1. The Bertz CT molecular complexity index is 2530. The third kappa shape index (κ3) is 9.37. The van der Waals surface area contributed by atoms with Crippen LogP contribution in [0, 0.1) is 11.8 Å². The summed E-state index contributed by atoms with van der Waals surface area (Å²) in [5.41, 5.74) is 8.47. The minimum atomic E-state index is -1.04. The van der Waals surface area contributed by atoms with Crippen LogP contribution in [0.1, 0.15) is 114 Å². The van der Waals surface area contributed by atoms with Crippen LogP contribution in [-0.2, 0) is 19.2 Å². The van der Waals surface area contributed by atoms with Crippen molar-refractivity contribution in [2.75, 3.05) is 36.8 Å². The molecule has 17 heteroatoms. The van der Waals surface area contributed by atoms with E-state index in [-0.39, 0.29) is 54.4 Å². The lowest BCUT2D eigenvalue weighted by molar-refractivity contribution is -0.136.